The van der Waals surface area contributed by atoms with E-state index in [2.05, 4.69) is 32.2 Å². The number of carboxylic acids is 1. The molecule has 2 N–H and O–H groups in total. The zero-order valence-electron chi connectivity index (χ0n) is 24.0. The Balaban J connectivity index is 1.26. The Morgan fingerprint density at radius 2 is 1.81 bits per heavy atom. The summed E-state index contributed by atoms with van der Waals surface area (Å²) in [6.45, 7) is 11.4. The summed E-state index contributed by atoms with van der Waals surface area (Å²) < 4.78 is 5.62. The highest BCUT2D eigenvalue weighted by atomic mass is 16.5. The number of esters is 1. The summed E-state index contributed by atoms with van der Waals surface area (Å²) >= 11 is 0. The molecule has 0 aromatic heterocycles. The number of carbonyl (C=O) groups is 2. The molecule has 3 fully saturated rings. The average molecular weight is 516 g/mol. The minimum Gasteiger partial charge on any atom is -0.481 e. The molecule has 5 heteroatoms. The van der Waals surface area contributed by atoms with E-state index in [0.29, 0.717) is 23.2 Å². The van der Waals surface area contributed by atoms with Crippen molar-refractivity contribution >= 4 is 11.9 Å². The molecule has 0 heterocycles. The lowest BCUT2D eigenvalue weighted by Gasteiger charge is -2.58. The maximum absolute atomic E-state index is 11.5. The van der Waals surface area contributed by atoms with Crippen LogP contribution in [0.1, 0.15) is 118 Å². The maximum atomic E-state index is 11.5. The monoisotopic (exact) mass is 515 g/mol. The Morgan fingerprint density at radius 3 is 2.57 bits per heavy atom. The van der Waals surface area contributed by atoms with Crippen LogP contribution in [0.2, 0.25) is 0 Å². The van der Waals surface area contributed by atoms with Crippen LogP contribution in [-0.2, 0) is 14.3 Å². The first kappa shape index (κ1) is 28.6. The third-order valence-electron chi connectivity index (χ3n) is 11.4. The standard InChI is InChI=1S/C32H53NO4/c1-22(21-33-19-9-7-5-6-8-10-30(35)36)27-13-14-28-26-12-11-24-20-25(37-23(2)34)15-17-31(24,3)29(26)16-18-32(27,28)4/h11,22,25-29,33H,5-10,12-21H2,1-4H3,(H,35,36)/t22-,25+,26+,27-,28+,29+,31+,32-/m1/s1. The summed E-state index contributed by atoms with van der Waals surface area (Å²) in [4.78, 5) is 22.1. The lowest BCUT2D eigenvalue weighted by Crippen LogP contribution is -2.51. The van der Waals surface area contributed by atoms with Crippen molar-refractivity contribution in [1.82, 2.24) is 5.32 Å². The van der Waals surface area contributed by atoms with Crippen LogP contribution in [0.25, 0.3) is 0 Å². The Labute approximate surface area is 225 Å². The van der Waals surface area contributed by atoms with Crippen molar-refractivity contribution in [1.29, 1.82) is 0 Å². The molecule has 0 radical (unpaired) electrons. The molecule has 3 saturated carbocycles. The first-order chi connectivity index (χ1) is 17.6. The van der Waals surface area contributed by atoms with Crippen LogP contribution in [-0.4, -0.2) is 36.2 Å². The highest BCUT2D eigenvalue weighted by Gasteiger charge is 2.59. The van der Waals surface area contributed by atoms with Crippen molar-refractivity contribution in [2.24, 2.45) is 40.4 Å². The fraction of sp³-hybridized carbons (Fsp3) is 0.875. The van der Waals surface area contributed by atoms with E-state index in [1.165, 1.54) is 51.4 Å². The van der Waals surface area contributed by atoms with Crippen LogP contribution >= 0.6 is 0 Å². The molecular formula is C32H53NO4. The molecule has 0 aromatic carbocycles. The lowest BCUT2D eigenvalue weighted by atomic mass is 9.47. The summed E-state index contributed by atoms with van der Waals surface area (Å²) in [6, 6.07) is 0. The van der Waals surface area contributed by atoms with Crippen molar-refractivity contribution < 1.29 is 19.4 Å². The Morgan fingerprint density at radius 1 is 1.05 bits per heavy atom. The molecule has 0 amide bonds. The fourth-order valence-electron chi connectivity index (χ4n) is 9.47. The van der Waals surface area contributed by atoms with E-state index in [9.17, 15) is 9.59 Å². The summed E-state index contributed by atoms with van der Waals surface area (Å²) in [7, 11) is 0. The van der Waals surface area contributed by atoms with Crippen LogP contribution < -0.4 is 5.32 Å². The first-order valence-electron chi connectivity index (χ1n) is 15.4. The normalized spacial score (nSPS) is 37.6. The van der Waals surface area contributed by atoms with Gasteiger partial charge in [-0.25, -0.2) is 0 Å². The number of fused-ring (bicyclic) bond motifs is 5. The van der Waals surface area contributed by atoms with Crippen molar-refractivity contribution in [2.75, 3.05) is 13.1 Å². The lowest BCUT2D eigenvalue weighted by molar-refractivity contribution is -0.148. The number of aliphatic carboxylic acids is 1. The quantitative estimate of drug-likeness (QED) is 0.164. The van der Waals surface area contributed by atoms with Crippen LogP contribution in [0, 0.1) is 40.4 Å². The third kappa shape index (κ3) is 6.28. The second-order valence-corrected chi connectivity index (χ2v) is 13.6. The zero-order chi connectivity index (χ0) is 26.6. The largest absolute Gasteiger partial charge is 0.481 e. The number of allylic oxidation sites excluding steroid dienone is 1. The highest BCUT2D eigenvalue weighted by Crippen LogP contribution is 2.67. The molecule has 0 aliphatic heterocycles. The third-order valence-corrected chi connectivity index (χ3v) is 11.4. The molecular weight excluding hydrogens is 462 g/mol. The number of hydrogen-bond acceptors (Lipinski definition) is 4. The minimum atomic E-state index is -0.672. The van der Waals surface area contributed by atoms with Gasteiger partial charge in [0, 0.05) is 19.8 Å². The number of hydrogen-bond donors (Lipinski definition) is 2. The second kappa shape index (κ2) is 12.2. The Bertz CT molecular complexity index is 839. The second-order valence-electron chi connectivity index (χ2n) is 13.6. The van der Waals surface area contributed by atoms with Crippen LogP contribution in [0.15, 0.2) is 11.6 Å². The molecule has 0 spiro atoms. The minimum absolute atomic E-state index is 0.0865. The van der Waals surface area contributed by atoms with Gasteiger partial charge in [0.25, 0.3) is 0 Å². The number of rotatable bonds is 12. The molecule has 0 aromatic rings. The molecule has 5 nitrogen and oxygen atoms in total. The summed E-state index contributed by atoms with van der Waals surface area (Å²) in [5.74, 6) is 3.20. The van der Waals surface area contributed by atoms with Crippen molar-refractivity contribution in [3.63, 3.8) is 0 Å². The van der Waals surface area contributed by atoms with Crippen LogP contribution in [0.5, 0.6) is 0 Å². The Hall–Kier alpha value is -1.36. The number of carboxylic acid groups (broad SMARTS) is 1. The van der Waals surface area contributed by atoms with E-state index < -0.39 is 5.97 Å². The molecule has 0 unspecified atom stereocenters. The van der Waals surface area contributed by atoms with Gasteiger partial charge in [-0.1, -0.05) is 51.7 Å². The molecule has 37 heavy (non-hydrogen) atoms. The van der Waals surface area contributed by atoms with Gasteiger partial charge in [0.15, 0.2) is 0 Å². The number of unbranched alkanes of at least 4 members (excludes halogenated alkanes) is 4. The molecule has 0 bridgehead atoms. The van der Waals surface area contributed by atoms with Gasteiger partial charge in [-0.3, -0.25) is 9.59 Å². The van der Waals surface area contributed by atoms with Gasteiger partial charge in [0.05, 0.1) is 0 Å². The van der Waals surface area contributed by atoms with Crippen LogP contribution in [0.4, 0.5) is 0 Å². The van der Waals surface area contributed by atoms with E-state index in [-0.39, 0.29) is 12.1 Å². The van der Waals surface area contributed by atoms with Gasteiger partial charge in [0.2, 0.25) is 0 Å². The first-order valence-corrected chi connectivity index (χ1v) is 15.4. The van der Waals surface area contributed by atoms with E-state index in [1.807, 2.05) is 0 Å². The van der Waals surface area contributed by atoms with Crippen molar-refractivity contribution in [2.45, 2.75) is 124 Å². The summed E-state index contributed by atoms with van der Waals surface area (Å²) in [5, 5.41) is 12.5. The topological polar surface area (TPSA) is 75.6 Å². The predicted molar refractivity (Wildman–Crippen MR) is 148 cm³/mol. The van der Waals surface area contributed by atoms with Gasteiger partial charge in [0.1, 0.15) is 6.10 Å². The number of ether oxygens (including phenoxy) is 1. The van der Waals surface area contributed by atoms with Crippen molar-refractivity contribution in [3.8, 4) is 0 Å². The number of nitrogens with one attached hydrogen (secondary N) is 1. The molecule has 0 saturated heterocycles. The van der Waals surface area contributed by atoms with E-state index in [4.69, 9.17) is 9.84 Å². The van der Waals surface area contributed by atoms with Gasteiger partial charge in [-0.15, -0.1) is 0 Å². The Kier molecular flexibility index (Phi) is 9.46. The molecule has 210 valence electrons. The van der Waals surface area contributed by atoms with E-state index in [1.54, 1.807) is 12.5 Å². The van der Waals surface area contributed by atoms with Gasteiger partial charge in [-0.05, 0) is 111 Å². The predicted octanol–water partition coefficient (Wildman–Crippen LogP) is 7.15. The van der Waals surface area contributed by atoms with Gasteiger partial charge >= 0.3 is 11.9 Å². The van der Waals surface area contributed by atoms with E-state index in [0.717, 1.165) is 68.9 Å². The van der Waals surface area contributed by atoms with Gasteiger partial charge < -0.3 is 15.2 Å². The molecule has 4 aliphatic carbocycles. The SMILES string of the molecule is CC(=O)O[C@H]1CC[C@@]2(C)C(=CC[C@H]3[C@@H]4CC[C@H]([C@H](C)CNCCCCCCCC(=O)O)[C@@]4(C)CC[C@@H]32)C1. The smallest absolute Gasteiger partial charge is 0.303 e. The van der Waals surface area contributed by atoms with E-state index >= 15 is 0 Å². The molecule has 4 aliphatic rings. The van der Waals surface area contributed by atoms with Gasteiger partial charge in [-0.2, -0.15) is 0 Å². The van der Waals surface area contributed by atoms with Crippen LogP contribution in [0.3, 0.4) is 0 Å². The zero-order valence-corrected chi connectivity index (χ0v) is 24.0. The molecule has 8 atom stereocenters. The summed E-state index contributed by atoms with van der Waals surface area (Å²) in [6.07, 6.45) is 18.3. The maximum Gasteiger partial charge on any atom is 0.303 e. The molecule has 4 rings (SSSR count). The highest BCUT2D eigenvalue weighted by molar-refractivity contribution is 5.66. The summed E-state index contributed by atoms with van der Waals surface area (Å²) in [5.41, 5.74) is 2.37. The van der Waals surface area contributed by atoms with Crippen molar-refractivity contribution in [3.05, 3.63) is 11.6 Å². The fourth-order valence-corrected chi connectivity index (χ4v) is 9.47. The average Bonchev–Trinajstić information content (AvgIpc) is 3.20. The number of carbonyl (C=O) groups excluding carboxylic acids is 1.